The predicted molar refractivity (Wildman–Crippen MR) is 93.6 cm³/mol. The van der Waals surface area contributed by atoms with Gasteiger partial charge >= 0.3 is 0 Å². The van der Waals surface area contributed by atoms with Gasteiger partial charge in [-0.1, -0.05) is 94.5 Å². The molecule has 105 valence electrons. The first kappa shape index (κ1) is 14.1. The minimum atomic E-state index is -0.820. The van der Waals surface area contributed by atoms with E-state index < -0.39 is 8.80 Å². The molecule has 2 aromatic carbocycles. The Morgan fingerprint density at radius 3 is 1.90 bits per heavy atom. The summed E-state index contributed by atoms with van der Waals surface area (Å²) in [4.78, 5) is 0. The summed E-state index contributed by atoms with van der Waals surface area (Å²) in [5.41, 5.74) is 3.99. The van der Waals surface area contributed by atoms with Gasteiger partial charge in [0.05, 0.1) is 0 Å². The van der Waals surface area contributed by atoms with E-state index in [9.17, 15) is 0 Å². The second-order valence-electron chi connectivity index (χ2n) is 5.50. The van der Waals surface area contributed by atoms with Crippen molar-refractivity contribution >= 4 is 19.2 Å². The molecule has 0 saturated heterocycles. The largest absolute Gasteiger partial charge is 0.147 e. The second-order valence-corrected chi connectivity index (χ2v) is 7.82. The fraction of sp³-hybridized carbons (Fsp3) is 0.200. The SMILES string of the molecule is C1=C(/C=C/[Si](c2ccccc2)c2ccccc2)CCCC1. The van der Waals surface area contributed by atoms with Crippen molar-refractivity contribution in [2.24, 2.45) is 0 Å². The van der Waals surface area contributed by atoms with Gasteiger partial charge in [0, 0.05) is 0 Å². The first-order valence-corrected chi connectivity index (χ1v) is 9.36. The van der Waals surface area contributed by atoms with E-state index in [1.165, 1.54) is 41.6 Å². The molecule has 0 spiro atoms. The highest BCUT2D eigenvalue weighted by atomic mass is 28.3. The highest BCUT2D eigenvalue weighted by molar-refractivity contribution is 6.89. The van der Waals surface area contributed by atoms with E-state index in [2.05, 4.69) is 78.5 Å². The van der Waals surface area contributed by atoms with Gasteiger partial charge in [-0.3, -0.25) is 0 Å². The molecular weight excluding hydrogens is 268 g/mol. The van der Waals surface area contributed by atoms with Crippen LogP contribution in [0.25, 0.3) is 0 Å². The molecule has 0 aliphatic heterocycles. The molecule has 0 saturated carbocycles. The Labute approximate surface area is 129 Å². The smallest absolute Gasteiger partial charge is 0.0870 e. The molecular formula is C20H21Si. The zero-order valence-electron chi connectivity index (χ0n) is 12.3. The molecule has 0 bridgehead atoms. The van der Waals surface area contributed by atoms with Gasteiger partial charge in [-0.05, 0) is 25.7 Å². The van der Waals surface area contributed by atoms with Gasteiger partial charge in [0.25, 0.3) is 0 Å². The van der Waals surface area contributed by atoms with E-state index >= 15 is 0 Å². The summed E-state index contributed by atoms with van der Waals surface area (Å²) in [6.07, 6.45) is 9.98. The third-order valence-electron chi connectivity index (χ3n) is 3.96. The Balaban J connectivity index is 1.89. The Bertz CT molecular complexity index is 571. The van der Waals surface area contributed by atoms with Gasteiger partial charge in [-0.2, -0.15) is 0 Å². The second kappa shape index (κ2) is 7.23. The molecule has 1 radical (unpaired) electrons. The summed E-state index contributed by atoms with van der Waals surface area (Å²) >= 11 is 0. The van der Waals surface area contributed by atoms with Crippen LogP contribution in [-0.2, 0) is 0 Å². The van der Waals surface area contributed by atoms with E-state index in [4.69, 9.17) is 0 Å². The topological polar surface area (TPSA) is 0 Å². The molecule has 2 aromatic rings. The van der Waals surface area contributed by atoms with Crippen molar-refractivity contribution in [2.75, 3.05) is 0 Å². The maximum absolute atomic E-state index is 2.46. The van der Waals surface area contributed by atoms with E-state index in [1.54, 1.807) is 0 Å². The minimum Gasteiger partial charge on any atom is -0.0870 e. The number of benzene rings is 2. The summed E-state index contributed by atoms with van der Waals surface area (Å²) < 4.78 is 0. The number of rotatable bonds is 4. The zero-order valence-corrected chi connectivity index (χ0v) is 13.3. The minimum absolute atomic E-state index is 0.820. The molecule has 0 unspecified atom stereocenters. The summed E-state index contributed by atoms with van der Waals surface area (Å²) in [5, 5.41) is 2.92. The quantitative estimate of drug-likeness (QED) is 0.749. The Morgan fingerprint density at radius 1 is 0.762 bits per heavy atom. The maximum Gasteiger partial charge on any atom is 0.147 e. The van der Waals surface area contributed by atoms with Gasteiger partial charge in [0.2, 0.25) is 0 Å². The van der Waals surface area contributed by atoms with Crippen LogP contribution >= 0.6 is 0 Å². The number of hydrogen-bond donors (Lipinski definition) is 0. The first-order valence-electron chi connectivity index (χ1n) is 7.78. The lowest BCUT2D eigenvalue weighted by Crippen LogP contribution is -2.40. The molecule has 0 fully saturated rings. The fourth-order valence-electron chi connectivity index (χ4n) is 2.80. The lowest BCUT2D eigenvalue weighted by Gasteiger charge is -2.13. The summed E-state index contributed by atoms with van der Waals surface area (Å²) in [6.45, 7) is 0. The zero-order chi connectivity index (χ0) is 14.3. The highest BCUT2D eigenvalue weighted by Crippen LogP contribution is 2.18. The number of hydrogen-bond acceptors (Lipinski definition) is 0. The lowest BCUT2D eigenvalue weighted by molar-refractivity contribution is 0.712. The van der Waals surface area contributed by atoms with E-state index in [1.807, 2.05) is 0 Å². The van der Waals surface area contributed by atoms with Crippen molar-refractivity contribution in [3.05, 3.63) is 84.1 Å². The Hall–Kier alpha value is -1.86. The van der Waals surface area contributed by atoms with Crippen LogP contribution in [0, 0.1) is 0 Å². The predicted octanol–water partition coefficient (Wildman–Crippen LogP) is 3.89. The normalized spacial score (nSPS) is 15.4. The van der Waals surface area contributed by atoms with Gasteiger partial charge in [-0.25, -0.2) is 0 Å². The van der Waals surface area contributed by atoms with Crippen LogP contribution in [-0.4, -0.2) is 8.80 Å². The molecule has 0 heterocycles. The van der Waals surface area contributed by atoms with Crippen molar-refractivity contribution in [2.45, 2.75) is 25.7 Å². The monoisotopic (exact) mass is 289 g/mol. The summed E-state index contributed by atoms with van der Waals surface area (Å²) in [5.74, 6) is 0. The molecule has 3 rings (SSSR count). The standard InChI is InChI=1S/C20H21Si/c1-4-10-18(11-5-1)16-17-21(19-12-6-2-7-13-19)20-14-8-3-9-15-20/h2-3,6-10,12-17H,1,4-5,11H2/b17-16+. The average Bonchev–Trinajstić information content (AvgIpc) is 2.58. The van der Waals surface area contributed by atoms with Crippen molar-refractivity contribution < 1.29 is 0 Å². The van der Waals surface area contributed by atoms with Crippen LogP contribution in [0.1, 0.15) is 25.7 Å². The Kier molecular flexibility index (Phi) is 4.85. The molecule has 0 amide bonds. The molecule has 1 aliphatic carbocycles. The molecule has 0 aromatic heterocycles. The molecule has 0 N–H and O–H groups in total. The van der Waals surface area contributed by atoms with E-state index in [0.29, 0.717) is 0 Å². The fourth-order valence-corrected chi connectivity index (χ4v) is 5.00. The van der Waals surface area contributed by atoms with Crippen LogP contribution in [0.2, 0.25) is 0 Å². The van der Waals surface area contributed by atoms with Crippen LogP contribution in [0.3, 0.4) is 0 Å². The van der Waals surface area contributed by atoms with Gasteiger partial charge < -0.3 is 0 Å². The first-order chi connectivity index (χ1) is 10.4. The van der Waals surface area contributed by atoms with Gasteiger partial charge in [-0.15, -0.1) is 0 Å². The van der Waals surface area contributed by atoms with Crippen LogP contribution in [0.4, 0.5) is 0 Å². The molecule has 0 atom stereocenters. The molecule has 1 aliphatic rings. The molecule has 1 heteroatoms. The third-order valence-corrected chi connectivity index (χ3v) is 6.37. The highest BCUT2D eigenvalue weighted by Gasteiger charge is 2.13. The van der Waals surface area contributed by atoms with Crippen LogP contribution in [0.15, 0.2) is 84.1 Å². The van der Waals surface area contributed by atoms with Crippen LogP contribution < -0.4 is 10.4 Å². The van der Waals surface area contributed by atoms with Crippen molar-refractivity contribution in [3.63, 3.8) is 0 Å². The van der Waals surface area contributed by atoms with Gasteiger partial charge in [0.1, 0.15) is 8.80 Å². The van der Waals surface area contributed by atoms with E-state index in [-0.39, 0.29) is 0 Å². The molecule has 21 heavy (non-hydrogen) atoms. The van der Waals surface area contributed by atoms with Crippen molar-refractivity contribution in [3.8, 4) is 0 Å². The third kappa shape index (κ3) is 3.83. The van der Waals surface area contributed by atoms with Crippen molar-refractivity contribution in [1.82, 2.24) is 0 Å². The maximum atomic E-state index is 2.46. The number of allylic oxidation sites excluding steroid dienone is 3. The van der Waals surface area contributed by atoms with Crippen LogP contribution in [0.5, 0.6) is 0 Å². The Morgan fingerprint density at radius 2 is 1.38 bits per heavy atom. The lowest BCUT2D eigenvalue weighted by atomic mass is 10.00. The molecule has 0 nitrogen and oxygen atoms in total. The average molecular weight is 289 g/mol. The summed E-state index contributed by atoms with van der Waals surface area (Å²) in [7, 11) is -0.820. The van der Waals surface area contributed by atoms with E-state index in [0.717, 1.165) is 0 Å². The van der Waals surface area contributed by atoms with Crippen molar-refractivity contribution in [1.29, 1.82) is 0 Å². The van der Waals surface area contributed by atoms with Gasteiger partial charge in [0.15, 0.2) is 0 Å². The summed E-state index contributed by atoms with van der Waals surface area (Å²) in [6, 6.07) is 21.9.